The molecule has 0 atom stereocenters. The molecule has 21 heavy (non-hydrogen) atoms. The molecule has 1 aromatic carbocycles. The lowest BCUT2D eigenvalue weighted by Crippen LogP contribution is -2.25. The molecule has 0 spiro atoms. The number of halogens is 1. The van der Waals surface area contributed by atoms with Crippen molar-refractivity contribution in [1.29, 1.82) is 0 Å². The Hall–Kier alpha value is -0.910. The molecule has 2 rings (SSSR count). The number of hydrogen-bond acceptors (Lipinski definition) is 4. The van der Waals surface area contributed by atoms with Gasteiger partial charge >= 0.3 is 0 Å². The molecule has 0 saturated carbocycles. The summed E-state index contributed by atoms with van der Waals surface area (Å²) in [6.07, 6.45) is 0. The van der Waals surface area contributed by atoms with E-state index in [4.69, 9.17) is 4.74 Å². The zero-order chi connectivity index (χ0) is 14.4. The predicted octanol–water partition coefficient (Wildman–Crippen LogP) is 3.82. The molecule has 2 aromatic rings. The Balaban J connectivity index is 0.00000220. The Labute approximate surface area is 137 Å². The normalized spacial score (nSPS) is 10.9. The van der Waals surface area contributed by atoms with E-state index >= 15 is 0 Å². The van der Waals surface area contributed by atoms with Crippen molar-refractivity contribution in [1.82, 2.24) is 14.9 Å². The molecule has 1 aromatic heterocycles. The van der Waals surface area contributed by atoms with Gasteiger partial charge in [0, 0.05) is 18.4 Å². The van der Waals surface area contributed by atoms with Gasteiger partial charge in [-0.25, -0.2) is 4.98 Å². The average Bonchev–Trinajstić information content (AvgIpc) is 2.86. The third-order valence-corrected chi connectivity index (χ3v) is 4.14. The molecule has 1 N–H and O–H groups in total. The maximum absolute atomic E-state index is 5.50. The number of imidazole rings is 1. The van der Waals surface area contributed by atoms with Gasteiger partial charge in [-0.05, 0) is 32.1 Å². The number of fused-ring (bicyclic) bond motifs is 1. The van der Waals surface area contributed by atoms with Crippen LogP contribution in [0.25, 0.3) is 11.0 Å². The highest BCUT2D eigenvalue weighted by Gasteiger charge is 2.06. The van der Waals surface area contributed by atoms with E-state index in [0.717, 1.165) is 47.3 Å². The second-order valence-corrected chi connectivity index (χ2v) is 5.61. The van der Waals surface area contributed by atoms with E-state index in [-0.39, 0.29) is 12.4 Å². The Kier molecular flexibility index (Phi) is 7.93. The van der Waals surface area contributed by atoms with Crippen LogP contribution in [-0.4, -0.2) is 46.9 Å². The number of hydrogen-bond donors (Lipinski definition) is 1. The average molecular weight is 330 g/mol. The molecule has 0 radical (unpaired) electrons. The lowest BCUT2D eigenvalue weighted by Gasteiger charge is -2.16. The standard InChI is InChI=1S/C15H23N3OS.ClH/c1-4-18(5-2)9-10-20-15-16-13-8-7-12(19-6-3)11-14(13)17-15;/h7-8,11H,4-6,9-10H2,1-3H3,(H,16,17);1H. The first-order valence-corrected chi connectivity index (χ1v) is 8.23. The summed E-state index contributed by atoms with van der Waals surface area (Å²) in [5.74, 6) is 1.95. The largest absolute Gasteiger partial charge is 0.494 e. The van der Waals surface area contributed by atoms with Crippen LogP contribution < -0.4 is 4.74 Å². The quantitative estimate of drug-likeness (QED) is 0.747. The van der Waals surface area contributed by atoms with Gasteiger partial charge in [0.2, 0.25) is 0 Å². The fourth-order valence-corrected chi connectivity index (χ4v) is 2.99. The highest BCUT2D eigenvalue weighted by atomic mass is 35.5. The van der Waals surface area contributed by atoms with Crippen LogP contribution in [0.2, 0.25) is 0 Å². The highest BCUT2D eigenvalue weighted by molar-refractivity contribution is 7.99. The van der Waals surface area contributed by atoms with E-state index in [9.17, 15) is 0 Å². The Morgan fingerprint density at radius 2 is 2.00 bits per heavy atom. The smallest absolute Gasteiger partial charge is 0.166 e. The van der Waals surface area contributed by atoms with E-state index in [2.05, 4.69) is 28.7 Å². The number of benzene rings is 1. The summed E-state index contributed by atoms with van der Waals surface area (Å²) >= 11 is 1.78. The summed E-state index contributed by atoms with van der Waals surface area (Å²) in [4.78, 5) is 10.4. The molecular weight excluding hydrogens is 306 g/mol. The van der Waals surface area contributed by atoms with Crippen molar-refractivity contribution >= 4 is 35.2 Å². The van der Waals surface area contributed by atoms with Crippen LogP contribution in [0.5, 0.6) is 5.75 Å². The minimum Gasteiger partial charge on any atom is -0.494 e. The second kappa shape index (κ2) is 9.18. The Bertz CT molecular complexity index is 543. The molecule has 0 amide bonds. The van der Waals surface area contributed by atoms with Crippen LogP contribution >= 0.6 is 24.2 Å². The van der Waals surface area contributed by atoms with Gasteiger partial charge in [-0.2, -0.15) is 0 Å². The number of aromatic nitrogens is 2. The number of rotatable bonds is 8. The van der Waals surface area contributed by atoms with E-state index in [0.29, 0.717) is 6.61 Å². The third kappa shape index (κ3) is 5.09. The van der Waals surface area contributed by atoms with E-state index in [1.54, 1.807) is 11.8 Å². The van der Waals surface area contributed by atoms with Gasteiger partial charge < -0.3 is 14.6 Å². The van der Waals surface area contributed by atoms with Crippen molar-refractivity contribution in [2.24, 2.45) is 0 Å². The fraction of sp³-hybridized carbons (Fsp3) is 0.533. The van der Waals surface area contributed by atoms with Crippen molar-refractivity contribution in [3.05, 3.63) is 18.2 Å². The molecule has 0 unspecified atom stereocenters. The van der Waals surface area contributed by atoms with Crippen molar-refractivity contribution in [2.75, 3.05) is 32.0 Å². The van der Waals surface area contributed by atoms with E-state index < -0.39 is 0 Å². The van der Waals surface area contributed by atoms with Gasteiger partial charge in [0.1, 0.15) is 5.75 Å². The lowest BCUT2D eigenvalue weighted by atomic mass is 10.3. The molecule has 4 nitrogen and oxygen atoms in total. The fourth-order valence-electron chi connectivity index (χ4n) is 2.10. The maximum atomic E-state index is 5.50. The third-order valence-electron chi connectivity index (χ3n) is 3.28. The first kappa shape index (κ1) is 18.1. The first-order valence-electron chi connectivity index (χ1n) is 7.24. The van der Waals surface area contributed by atoms with Crippen LogP contribution in [0.3, 0.4) is 0 Å². The zero-order valence-corrected chi connectivity index (χ0v) is 14.5. The first-order chi connectivity index (χ1) is 9.76. The summed E-state index contributed by atoms with van der Waals surface area (Å²) in [6.45, 7) is 10.4. The lowest BCUT2D eigenvalue weighted by molar-refractivity contribution is 0.324. The van der Waals surface area contributed by atoms with E-state index in [1.165, 1.54) is 0 Å². The van der Waals surface area contributed by atoms with Crippen LogP contribution in [0, 0.1) is 0 Å². The molecule has 0 bridgehead atoms. The number of nitrogens with zero attached hydrogens (tertiary/aromatic N) is 2. The Morgan fingerprint density at radius 1 is 1.24 bits per heavy atom. The van der Waals surface area contributed by atoms with Crippen molar-refractivity contribution in [2.45, 2.75) is 25.9 Å². The number of thioether (sulfide) groups is 1. The summed E-state index contributed by atoms with van der Waals surface area (Å²) in [5.41, 5.74) is 2.04. The number of nitrogens with one attached hydrogen (secondary N) is 1. The minimum atomic E-state index is 0. The van der Waals surface area contributed by atoms with Gasteiger partial charge in [0.05, 0.1) is 17.6 Å². The van der Waals surface area contributed by atoms with Gasteiger partial charge in [-0.3, -0.25) is 0 Å². The molecule has 6 heteroatoms. The molecule has 1 heterocycles. The molecular formula is C15H24ClN3OS. The molecule has 0 aliphatic heterocycles. The van der Waals surface area contributed by atoms with Crippen LogP contribution in [-0.2, 0) is 0 Å². The molecule has 0 aliphatic carbocycles. The summed E-state index contributed by atoms with van der Waals surface area (Å²) in [5, 5.41) is 0.987. The van der Waals surface area contributed by atoms with Crippen LogP contribution in [0.1, 0.15) is 20.8 Å². The molecule has 0 aliphatic rings. The van der Waals surface area contributed by atoms with Crippen molar-refractivity contribution < 1.29 is 4.74 Å². The van der Waals surface area contributed by atoms with Crippen molar-refractivity contribution in [3.8, 4) is 5.75 Å². The zero-order valence-electron chi connectivity index (χ0n) is 12.9. The van der Waals surface area contributed by atoms with Gasteiger partial charge in [0.25, 0.3) is 0 Å². The second-order valence-electron chi connectivity index (χ2n) is 4.53. The van der Waals surface area contributed by atoms with Gasteiger partial charge in [-0.1, -0.05) is 25.6 Å². The van der Waals surface area contributed by atoms with E-state index in [1.807, 2.05) is 25.1 Å². The topological polar surface area (TPSA) is 41.1 Å². The molecule has 0 fully saturated rings. The predicted molar refractivity (Wildman–Crippen MR) is 93.0 cm³/mol. The number of H-pyrrole nitrogens is 1. The number of aromatic amines is 1. The maximum Gasteiger partial charge on any atom is 0.166 e. The molecule has 0 saturated heterocycles. The number of ether oxygens (including phenoxy) is 1. The minimum absolute atomic E-state index is 0. The van der Waals surface area contributed by atoms with Gasteiger partial charge in [-0.15, -0.1) is 12.4 Å². The van der Waals surface area contributed by atoms with Gasteiger partial charge in [0.15, 0.2) is 5.16 Å². The van der Waals surface area contributed by atoms with Crippen LogP contribution in [0.4, 0.5) is 0 Å². The summed E-state index contributed by atoms with van der Waals surface area (Å²) < 4.78 is 5.50. The molecule has 118 valence electrons. The summed E-state index contributed by atoms with van der Waals surface area (Å²) in [7, 11) is 0. The highest BCUT2D eigenvalue weighted by Crippen LogP contribution is 2.23. The monoisotopic (exact) mass is 329 g/mol. The summed E-state index contributed by atoms with van der Waals surface area (Å²) in [6, 6.07) is 5.99. The SMILES string of the molecule is CCOc1ccc2nc(SCCN(CC)CC)[nH]c2c1.Cl. The van der Waals surface area contributed by atoms with Crippen molar-refractivity contribution in [3.63, 3.8) is 0 Å². The van der Waals surface area contributed by atoms with Crippen LogP contribution in [0.15, 0.2) is 23.4 Å². The Morgan fingerprint density at radius 3 is 2.67 bits per heavy atom.